The number of nitrogens with one attached hydrogen (secondary N) is 1. The summed E-state index contributed by atoms with van der Waals surface area (Å²) in [6.07, 6.45) is -3.11. The van der Waals surface area contributed by atoms with E-state index in [1.54, 1.807) is 30.2 Å². The fourth-order valence-corrected chi connectivity index (χ4v) is 5.58. The first-order chi connectivity index (χ1) is 19.1. The zero-order chi connectivity index (χ0) is 28.8. The summed E-state index contributed by atoms with van der Waals surface area (Å²) in [5, 5.41) is 7.19. The zero-order valence-electron chi connectivity index (χ0n) is 22.8. The van der Waals surface area contributed by atoms with Crippen molar-refractivity contribution < 1.29 is 36.9 Å². The van der Waals surface area contributed by atoms with Gasteiger partial charge in [0.15, 0.2) is 29.0 Å². The molecule has 0 saturated heterocycles. The average molecular weight is 561 g/mol. The van der Waals surface area contributed by atoms with Crippen molar-refractivity contribution >= 4 is 11.7 Å². The molecule has 0 saturated carbocycles. The van der Waals surface area contributed by atoms with Gasteiger partial charge in [-0.2, -0.15) is 18.3 Å². The van der Waals surface area contributed by atoms with Gasteiger partial charge in [0.05, 0.1) is 46.7 Å². The molecule has 2 aromatic carbocycles. The van der Waals surface area contributed by atoms with Crippen molar-refractivity contribution in [1.82, 2.24) is 14.7 Å². The zero-order valence-corrected chi connectivity index (χ0v) is 22.8. The summed E-state index contributed by atoms with van der Waals surface area (Å²) in [5.74, 6) is 1.62. The van der Waals surface area contributed by atoms with Crippen LogP contribution in [0.25, 0.3) is 0 Å². The van der Waals surface area contributed by atoms with Crippen LogP contribution in [0.2, 0.25) is 0 Å². The molecule has 1 N–H and O–H groups in total. The molecule has 0 aliphatic carbocycles. The fourth-order valence-electron chi connectivity index (χ4n) is 5.58. The second-order valence-corrected chi connectivity index (χ2v) is 9.79. The Morgan fingerprint density at radius 1 is 0.975 bits per heavy atom. The Bertz CT molecular complexity index is 1420. The number of alkyl halides is 3. The topological polar surface area (TPSA) is 87.1 Å². The van der Waals surface area contributed by atoms with Crippen molar-refractivity contribution in [2.45, 2.75) is 44.1 Å². The number of carbonyl (C=O) groups is 1. The minimum Gasteiger partial charge on any atom is -0.493 e. The van der Waals surface area contributed by atoms with Crippen LogP contribution < -0.4 is 24.3 Å². The molecular weight excluding hydrogens is 529 g/mol. The Morgan fingerprint density at radius 2 is 1.62 bits per heavy atom. The van der Waals surface area contributed by atoms with Crippen LogP contribution in [-0.2, 0) is 6.42 Å². The first-order valence-electron chi connectivity index (χ1n) is 12.8. The Morgan fingerprint density at radius 3 is 2.27 bits per heavy atom. The summed E-state index contributed by atoms with van der Waals surface area (Å²) in [6, 6.07) is 5.70. The molecular formula is C28H31F3N4O5. The molecule has 2 aliphatic heterocycles. The van der Waals surface area contributed by atoms with Gasteiger partial charge in [-0.25, -0.2) is 4.68 Å². The van der Waals surface area contributed by atoms with E-state index in [1.807, 2.05) is 19.1 Å². The lowest BCUT2D eigenvalue weighted by Crippen LogP contribution is -2.40. The molecule has 1 amide bonds. The highest BCUT2D eigenvalue weighted by Gasteiger charge is 2.48. The number of aromatic nitrogens is 2. The van der Waals surface area contributed by atoms with Gasteiger partial charge in [-0.05, 0) is 54.3 Å². The number of fused-ring (bicyclic) bond motifs is 2. The quantitative estimate of drug-likeness (QED) is 0.436. The van der Waals surface area contributed by atoms with E-state index >= 15 is 0 Å². The van der Waals surface area contributed by atoms with E-state index in [-0.39, 0.29) is 23.8 Å². The van der Waals surface area contributed by atoms with E-state index in [1.165, 1.54) is 27.5 Å². The third-order valence-electron chi connectivity index (χ3n) is 7.72. The van der Waals surface area contributed by atoms with E-state index < -0.39 is 24.2 Å². The maximum atomic E-state index is 14.2. The Kier molecular flexibility index (Phi) is 7.19. The van der Waals surface area contributed by atoms with Gasteiger partial charge in [-0.3, -0.25) is 4.79 Å². The van der Waals surface area contributed by atoms with Gasteiger partial charge in [-0.1, -0.05) is 6.07 Å². The number of amides is 1. The second-order valence-electron chi connectivity index (χ2n) is 9.79. The molecule has 2 aliphatic rings. The van der Waals surface area contributed by atoms with Crippen LogP contribution in [0.4, 0.5) is 19.0 Å². The summed E-state index contributed by atoms with van der Waals surface area (Å²) in [7, 11) is 6.05. The first-order valence-corrected chi connectivity index (χ1v) is 12.8. The molecule has 214 valence electrons. The number of nitrogens with zero attached hydrogens (tertiary/aromatic N) is 3. The van der Waals surface area contributed by atoms with Crippen molar-refractivity contribution in [3.8, 4) is 23.0 Å². The molecule has 0 fully saturated rings. The molecule has 3 aromatic rings. The van der Waals surface area contributed by atoms with Crippen molar-refractivity contribution in [2.75, 3.05) is 40.3 Å². The lowest BCUT2D eigenvalue weighted by molar-refractivity contribution is -0.173. The standard InChI is InChI=1S/C28H31F3N4O5/c1-15-18-12-24(40-5)23(39-4)10-16(18)8-9-34(15)27(36)19-14-32-35-25(28(29,30)31)13-20(33-26(19)35)17-6-7-21(37-2)22(11-17)38-3/h6-7,10-12,14-15,20,25,33H,8-9,13H2,1-5H3/t15-,20+,25-/m1/s1. The summed E-state index contributed by atoms with van der Waals surface area (Å²) < 4.78 is 65.1. The molecule has 3 heterocycles. The van der Waals surface area contributed by atoms with Crippen molar-refractivity contribution in [3.05, 3.63) is 58.8 Å². The van der Waals surface area contributed by atoms with E-state index in [2.05, 4.69) is 10.4 Å². The van der Waals surface area contributed by atoms with Crippen molar-refractivity contribution in [2.24, 2.45) is 0 Å². The SMILES string of the molecule is COc1ccc([C@@H]2C[C@H](C(F)(F)F)n3ncc(C(=O)N4CCc5cc(OC)c(OC)cc5[C@H]4C)c3N2)cc1OC. The molecule has 12 heteroatoms. The van der Waals surface area contributed by atoms with Crippen LogP contribution in [0.5, 0.6) is 23.0 Å². The number of halogens is 3. The summed E-state index contributed by atoms with van der Waals surface area (Å²) in [6.45, 7) is 2.27. The molecule has 0 spiro atoms. The number of benzene rings is 2. The predicted octanol–water partition coefficient (Wildman–Crippen LogP) is 5.34. The van der Waals surface area contributed by atoms with Crippen LogP contribution in [0.1, 0.15) is 58.5 Å². The lowest BCUT2D eigenvalue weighted by atomic mass is 9.92. The number of ether oxygens (including phenoxy) is 4. The number of carbonyl (C=O) groups excluding carboxylic acids is 1. The molecule has 1 aromatic heterocycles. The number of anilines is 1. The normalized spacial score (nSPS) is 20.2. The van der Waals surface area contributed by atoms with Gasteiger partial charge in [0.1, 0.15) is 11.4 Å². The third-order valence-corrected chi connectivity index (χ3v) is 7.72. The van der Waals surface area contributed by atoms with Crippen molar-refractivity contribution in [1.29, 1.82) is 0 Å². The highest BCUT2D eigenvalue weighted by molar-refractivity contribution is 5.99. The molecule has 0 bridgehead atoms. The first kappa shape index (κ1) is 27.5. The van der Waals surface area contributed by atoms with E-state index in [9.17, 15) is 18.0 Å². The number of hydrogen-bond acceptors (Lipinski definition) is 7. The Hall–Kier alpha value is -4.09. The minimum absolute atomic E-state index is 0.0312. The predicted molar refractivity (Wildman–Crippen MR) is 141 cm³/mol. The maximum Gasteiger partial charge on any atom is 0.410 e. The van der Waals surface area contributed by atoms with Gasteiger partial charge >= 0.3 is 6.18 Å². The van der Waals surface area contributed by atoms with Crippen LogP contribution in [-0.4, -0.2) is 61.7 Å². The van der Waals surface area contributed by atoms with Gasteiger partial charge in [0.2, 0.25) is 0 Å². The average Bonchev–Trinajstić information content (AvgIpc) is 3.39. The highest BCUT2D eigenvalue weighted by Crippen LogP contribution is 2.46. The van der Waals surface area contributed by atoms with Crippen LogP contribution in [0.15, 0.2) is 36.5 Å². The second kappa shape index (κ2) is 10.5. The number of rotatable bonds is 6. The summed E-state index contributed by atoms with van der Waals surface area (Å²) in [5.41, 5.74) is 2.56. The van der Waals surface area contributed by atoms with Crippen LogP contribution in [0, 0.1) is 0 Å². The fraction of sp³-hybridized carbons (Fsp3) is 0.429. The molecule has 5 rings (SSSR count). The summed E-state index contributed by atoms with van der Waals surface area (Å²) in [4.78, 5) is 15.5. The van der Waals surface area contributed by atoms with Crippen molar-refractivity contribution in [3.63, 3.8) is 0 Å². The van der Waals surface area contributed by atoms with Gasteiger partial charge in [0, 0.05) is 13.0 Å². The Balaban J connectivity index is 1.50. The van der Waals surface area contributed by atoms with Gasteiger partial charge in [-0.15, -0.1) is 0 Å². The minimum atomic E-state index is -4.58. The maximum absolute atomic E-state index is 14.2. The van der Waals surface area contributed by atoms with E-state index in [0.717, 1.165) is 15.8 Å². The van der Waals surface area contributed by atoms with Crippen LogP contribution >= 0.6 is 0 Å². The Labute approximate surface area is 229 Å². The monoisotopic (exact) mass is 560 g/mol. The molecule has 40 heavy (non-hydrogen) atoms. The number of hydrogen-bond donors (Lipinski definition) is 1. The van der Waals surface area contributed by atoms with Gasteiger partial charge in [0.25, 0.3) is 5.91 Å². The van der Waals surface area contributed by atoms with E-state index in [0.29, 0.717) is 41.5 Å². The molecule has 0 radical (unpaired) electrons. The number of methoxy groups -OCH3 is 4. The van der Waals surface area contributed by atoms with E-state index in [4.69, 9.17) is 18.9 Å². The molecule has 0 unspecified atom stereocenters. The van der Waals surface area contributed by atoms with Crippen LogP contribution in [0.3, 0.4) is 0 Å². The molecule has 9 nitrogen and oxygen atoms in total. The largest absolute Gasteiger partial charge is 0.493 e. The third kappa shape index (κ3) is 4.65. The smallest absolute Gasteiger partial charge is 0.410 e. The van der Waals surface area contributed by atoms with Gasteiger partial charge < -0.3 is 29.2 Å². The molecule has 3 atom stereocenters. The summed E-state index contributed by atoms with van der Waals surface area (Å²) >= 11 is 0. The lowest BCUT2D eigenvalue weighted by Gasteiger charge is -2.37. The highest BCUT2D eigenvalue weighted by atomic mass is 19.4.